The highest BCUT2D eigenvalue weighted by molar-refractivity contribution is 6.67. The Kier molecular flexibility index (Phi) is 2.32. The van der Waals surface area contributed by atoms with Crippen LogP contribution in [0.2, 0.25) is 0 Å². The van der Waals surface area contributed by atoms with Gasteiger partial charge < -0.3 is 14.6 Å². The molecule has 0 aliphatic carbocycles. The third-order valence-electron chi connectivity index (χ3n) is 2.07. The Bertz CT molecular complexity index is 643. The monoisotopic (exact) mass is 240 g/mol. The highest BCUT2D eigenvalue weighted by Crippen LogP contribution is 2.32. The van der Waals surface area contributed by atoms with Gasteiger partial charge in [0.15, 0.2) is 11.3 Å². The molecule has 0 radical (unpaired) electrons. The van der Waals surface area contributed by atoms with Gasteiger partial charge in [-0.15, -0.1) is 0 Å². The number of benzene rings is 1. The smallest absolute Gasteiger partial charge is 0.348 e. The van der Waals surface area contributed by atoms with Crippen molar-refractivity contribution < 1.29 is 19.4 Å². The first-order valence-corrected chi connectivity index (χ1v) is 4.57. The first-order valence-electron chi connectivity index (χ1n) is 4.19. The van der Waals surface area contributed by atoms with Gasteiger partial charge in [-0.1, -0.05) is 0 Å². The average Bonchev–Trinajstić information content (AvgIpc) is 2.23. The number of rotatable bonds is 1. The highest BCUT2D eigenvalue weighted by Gasteiger charge is 2.14. The maximum atomic E-state index is 11.3. The van der Waals surface area contributed by atoms with E-state index in [9.17, 15) is 19.8 Å². The molecule has 0 unspecified atom stereocenters. The first-order chi connectivity index (χ1) is 7.50. The van der Waals surface area contributed by atoms with Crippen LogP contribution in [0.1, 0.15) is 10.4 Å². The molecule has 0 saturated heterocycles. The minimum atomic E-state index is -0.964. The second kappa shape index (κ2) is 3.53. The fourth-order valence-electron chi connectivity index (χ4n) is 1.30. The Morgan fingerprint density at radius 2 is 2.00 bits per heavy atom. The summed E-state index contributed by atoms with van der Waals surface area (Å²) in [5, 5.41) is 17.9. The maximum absolute atomic E-state index is 11.3. The van der Waals surface area contributed by atoms with E-state index in [0.29, 0.717) is 5.39 Å². The fourth-order valence-corrected chi connectivity index (χ4v) is 1.43. The zero-order valence-corrected chi connectivity index (χ0v) is 8.49. The molecule has 1 aromatic carbocycles. The van der Waals surface area contributed by atoms with Gasteiger partial charge in [0, 0.05) is 5.39 Å². The Hall–Kier alpha value is -2.01. The molecule has 0 bridgehead atoms. The fraction of sp³-hybridized carbons (Fsp3) is 0. The molecule has 0 saturated carbocycles. The van der Waals surface area contributed by atoms with Gasteiger partial charge in [0.05, 0.1) is 0 Å². The molecule has 0 amide bonds. The largest absolute Gasteiger partial charge is 0.504 e. The molecular formula is C10H5ClO5. The normalized spacial score (nSPS) is 10.6. The number of hydrogen-bond acceptors (Lipinski definition) is 5. The molecule has 0 aliphatic rings. The number of hydrogen-bond donors (Lipinski definition) is 2. The molecule has 0 aliphatic heterocycles. The van der Waals surface area contributed by atoms with Crippen molar-refractivity contribution >= 4 is 27.8 Å². The van der Waals surface area contributed by atoms with Gasteiger partial charge in [0.25, 0.3) is 5.24 Å². The minimum Gasteiger partial charge on any atom is -0.504 e. The number of fused-ring (bicyclic) bond motifs is 1. The van der Waals surface area contributed by atoms with Crippen molar-refractivity contribution in [2.45, 2.75) is 0 Å². The molecule has 2 rings (SSSR count). The predicted molar refractivity (Wildman–Crippen MR) is 56.0 cm³/mol. The summed E-state index contributed by atoms with van der Waals surface area (Å²) in [4.78, 5) is 22.1. The van der Waals surface area contributed by atoms with Gasteiger partial charge >= 0.3 is 5.63 Å². The van der Waals surface area contributed by atoms with Crippen LogP contribution in [0.15, 0.2) is 27.4 Å². The minimum absolute atomic E-state index is 0.188. The third-order valence-corrected chi connectivity index (χ3v) is 2.27. The maximum Gasteiger partial charge on any atom is 0.348 e. The van der Waals surface area contributed by atoms with Crippen molar-refractivity contribution in [1.29, 1.82) is 0 Å². The Balaban J connectivity index is 2.89. The van der Waals surface area contributed by atoms with Crippen molar-refractivity contribution in [3.8, 4) is 11.5 Å². The highest BCUT2D eigenvalue weighted by atomic mass is 35.5. The predicted octanol–water partition coefficient (Wildman–Crippen LogP) is 1.58. The number of halogens is 1. The summed E-state index contributed by atoms with van der Waals surface area (Å²) in [5.41, 5.74) is -1.47. The second-order valence-electron chi connectivity index (χ2n) is 3.07. The molecule has 16 heavy (non-hydrogen) atoms. The van der Waals surface area contributed by atoms with E-state index < -0.39 is 22.4 Å². The van der Waals surface area contributed by atoms with Crippen LogP contribution >= 0.6 is 11.6 Å². The van der Waals surface area contributed by atoms with E-state index in [1.165, 1.54) is 18.2 Å². The van der Waals surface area contributed by atoms with Crippen molar-refractivity contribution in [2.24, 2.45) is 0 Å². The van der Waals surface area contributed by atoms with Crippen LogP contribution < -0.4 is 5.63 Å². The molecule has 0 atom stereocenters. The van der Waals surface area contributed by atoms with Crippen molar-refractivity contribution in [2.75, 3.05) is 0 Å². The van der Waals surface area contributed by atoms with Crippen LogP contribution in [-0.2, 0) is 0 Å². The average molecular weight is 241 g/mol. The van der Waals surface area contributed by atoms with Crippen LogP contribution in [0.5, 0.6) is 11.5 Å². The number of phenols is 2. The third kappa shape index (κ3) is 1.51. The summed E-state index contributed by atoms with van der Waals surface area (Å²) in [6.45, 7) is 0. The van der Waals surface area contributed by atoms with E-state index in [2.05, 4.69) is 0 Å². The summed E-state index contributed by atoms with van der Waals surface area (Å²) in [6, 6.07) is 3.78. The molecule has 1 heterocycles. The Morgan fingerprint density at radius 3 is 2.62 bits per heavy atom. The van der Waals surface area contributed by atoms with Crippen molar-refractivity contribution in [1.82, 2.24) is 0 Å². The topological polar surface area (TPSA) is 87.7 Å². The Morgan fingerprint density at radius 1 is 1.31 bits per heavy atom. The lowest BCUT2D eigenvalue weighted by atomic mass is 10.2. The zero-order valence-electron chi connectivity index (χ0n) is 7.73. The molecule has 0 fully saturated rings. The molecule has 6 heteroatoms. The van der Waals surface area contributed by atoms with Crippen LogP contribution in [0, 0.1) is 0 Å². The number of carbonyl (C=O) groups excluding carboxylic acids is 1. The number of phenolic OH excluding ortho intramolecular Hbond substituents is 2. The van der Waals surface area contributed by atoms with Gasteiger partial charge in [0.2, 0.25) is 5.75 Å². The number of aromatic hydroxyl groups is 2. The van der Waals surface area contributed by atoms with Crippen LogP contribution in [0.25, 0.3) is 11.0 Å². The van der Waals surface area contributed by atoms with Gasteiger partial charge in [-0.2, -0.15) is 0 Å². The van der Waals surface area contributed by atoms with E-state index in [-0.39, 0.29) is 11.1 Å². The lowest BCUT2D eigenvalue weighted by molar-refractivity contribution is 0.107. The van der Waals surface area contributed by atoms with E-state index >= 15 is 0 Å². The molecule has 2 N–H and O–H groups in total. The lowest BCUT2D eigenvalue weighted by Gasteiger charge is -2.02. The molecule has 2 aromatic rings. The summed E-state index contributed by atoms with van der Waals surface area (Å²) in [5.74, 6) is -0.969. The van der Waals surface area contributed by atoms with Gasteiger partial charge in [0.1, 0.15) is 5.56 Å². The molecular weight excluding hydrogens is 236 g/mol. The summed E-state index contributed by atoms with van der Waals surface area (Å²) in [7, 11) is 0. The standard InChI is InChI=1S/C10H5ClO5/c11-9(14)5-3-4-1-2-6(12)7(13)8(4)16-10(5)15/h1-3,12-13H. The van der Waals surface area contributed by atoms with Gasteiger partial charge in [-0.3, -0.25) is 4.79 Å². The molecule has 0 spiro atoms. The van der Waals surface area contributed by atoms with Crippen LogP contribution in [0.4, 0.5) is 0 Å². The summed E-state index contributed by atoms with van der Waals surface area (Å²) in [6.07, 6.45) is 0. The van der Waals surface area contributed by atoms with Gasteiger partial charge in [-0.05, 0) is 29.8 Å². The van der Waals surface area contributed by atoms with E-state index in [4.69, 9.17) is 16.0 Å². The van der Waals surface area contributed by atoms with Crippen molar-refractivity contribution in [3.05, 3.63) is 34.2 Å². The molecule has 5 nitrogen and oxygen atoms in total. The summed E-state index contributed by atoms with van der Waals surface area (Å²) < 4.78 is 4.69. The first kappa shape index (κ1) is 10.5. The van der Waals surface area contributed by atoms with E-state index in [0.717, 1.165) is 0 Å². The van der Waals surface area contributed by atoms with Gasteiger partial charge in [-0.25, -0.2) is 4.79 Å². The number of carbonyl (C=O) groups is 1. The van der Waals surface area contributed by atoms with E-state index in [1.54, 1.807) is 0 Å². The molecule has 82 valence electrons. The summed E-state index contributed by atoms with van der Waals surface area (Å²) >= 11 is 5.17. The van der Waals surface area contributed by atoms with Crippen molar-refractivity contribution in [3.63, 3.8) is 0 Å². The molecule has 1 aromatic heterocycles. The second-order valence-corrected chi connectivity index (χ2v) is 3.42. The van der Waals surface area contributed by atoms with Crippen LogP contribution in [-0.4, -0.2) is 15.5 Å². The quantitative estimate of drug-likeness (QED) is 0.449. The lowest BCUT2D eigenvalue weighted by Crippen LogP contribution is -2.09. The zero-order chi connectivity index (χ0) is 11.9. The van der Waals surface area contributed by atoms with Crippen LogP contribution in [0.3, 0.4) is 0 Å². The van der Waals surface area contributed by atoms with E-state index in [1.807, 2.05) is 0 Å². The Labute approximate surface area is 93.5 Å². The SMILES string of the molecule is O=C(Cl)c1cc2ccc(O)c(O)c2oc1=O.